The standard InChI is InChI=1S/C20H24N2O2.ClHO4/c1-2-13-12-22-11-5-6-14(9-10-17(23)24)20(22)19-18(13)15-7-3-4-8-16(15)21-19;2-1(3,4)5/h3-4,7-8,13-14H,2,5-6,9-12H2,1H3,(H,23,24);(H,2,3,4,5)/t13?,14-;/m0./s1. The lowest BCUT2D eigenvalue weighted by atomic mass is 9.80. The third-order valence-corrected chi connectivity index (χ3v) is 5.76. The van der Waals surface area contributed by atoms with Crippen LogP contribution >= 0.6 is 0 Å². The van der Waals surface area contributed by atoms with E-state index in [1.54, 1.807) is 0 Å². The van der Waals surface area contributed by atoms with Crippen LogP contribution in [0, 0.1) is 16.2 Å². The molecule has 2 aromatic rings. The first-order valence-corrected chi connectivity index (χ1v) is 11.0. The Morgan fingerprint density at radius 2 is 1.93 bits per heavy atom. The Morgan fingerprint density at radius 1 is 1.24 bits per heavy atom. The Hall–Kier alpha value is -1.97. The van der Waals surface area contributed by atoms with Crippen molar-refractivity contribution >= 4 is 22.6 Å². The fourth-order valence-electron chi connectivity index (χ4n) is 4.65. The van der Waals surface area contributed by atoms with Crippen LogP contribution in [-0.2, 0) is 4.79 Å². The molecule has 2 N–H and O–H groups in total. The lowest BCUT2D eigenvalue weighted by Crippen LogP contribution is -2.68. The van der Waals surface area contributed by atoms with Gasteiger partial charge < -0.3 is 10.1 Å². The van der Waals surface area contributed by atoms with E-state index in [1.165, 1.54) is 34.3 Å². The zero-order valence-corrected chi connectivity index (χ0v) is 17.0. The monoisotopic (exact) mass is 424 g/mol. The van der Waals surface area contributed by atoms with Crippen LogP contribution in [0.2, 0.25) is 0 Å². The van der Waals surface area contributed by atoms with E-state index in [0.717, 1.165) is 32.4 Å². The summed E-state index contributed by atoms with van der Waals surface area (Å²) in [7, 11) is -4.94. The number of para-hydroxylation sites is 1. The van der Waals surface area contributed by atoms with Gasteiger partial charge in [-0.2, -0.15) is 0 Å². The van der Waals surface area contributed by atoms with Crippen LogP contribution in [0.3, 0.4) is 0 Å². The van der Waals surface area contributed by atoms with Crippen LogP contribution in [0.25, 0.3) is 10.9 Å². The molecule has 0 bridgehead atoms. The van der Waals surface area contributed by atoms with Gasteiger partial charge in [-0.05, 0) is 25.3 Å². The van der Waals surface area contributed by atoms with Crippen LogP contribution in [0.5, 0.6) is 0 Å². The van der Waals surface area contributed by atoms with Crippen molar-refractivity contribution in [1.29, 1.82) is 0 Å². The second kappa shape index (κ2) is 8.81. The number of nitrogens with zero attached hydrogens (tertiary/aromatic N) is 1. The Labute approximate surface area is 170 Å². The number of carbonyl (C=O) groups is 1. The van der Waals surface area contributed by atoms with Crippen LogP contribution < -0.4 is 18.6 Å². The van der Waals surface area contributed by atoms with E-state index in [4.69, 9.17) is 23.7 Å². The molecular formula is C20H25ClN2O6. The Morgan fingerprint density at radius 3 is 2.59 bits per heavy atom. The fraction of sp³-hybridized carbons (Fsp3) is 0.500. The Bertz CT molecular complexity index is 911. The summed E-state index contributed by atoms with van der Waals surface area (Å²) in [5.74, 6) is 0.226. The number of halogens is 1. The smallest absolute Gasteiger partial charge is 0.303 e. The molecule has 2 aliphatic rings. The second-order valence-electron chi connectivity index (χ2n) is 7.55. The van der Waals surface area contributed by atoms with Gasteiger partial charge in [0.2, 0.25) is 5.71 Å². The number of aromatic nitrogens is 1. The Kier molecular flexibility index (Phi) is 6.60. The minimum absolute atomic E-state index is 0.259. The van der Waals surface area contributed by atoms with Crippen molar-refractivity contribution < 1.29 is 43.4 Å². The summed E-state index contributed by atoms with van der Waals surface area (Å²) in [4.78, 5) is 14.7. The summed E-state index contributed by atoms with van der Waals surface area (Å²) >= 11 is 0. The van der Waals surface area contributed by atoms with Gasteiger partial charge in [-0.3, -0.25) is 4.79 Å². The number of nitrogens with one attached hydrogen (secondary N) is 1. The molecule has 0 amide bonds. The molecule has 0 radical (unpaired) electrons. The number of hydrogen-bond acceptors (Lipinski definition) is 5. The number of carboxylic acid groups (broad SMARTS) is 1. The molecule has 158 valence electrons. The van der Waals surface area contributed by atoms with E-state index in [-0.39, 0.29) is 6.42 Å². The van der Waals surface area contributed by atoms with Gasteiger partial charge in [-0.15, -0.1) is 10.2 Å². The molecule has 1 aromatic heterocycles. The average Bonchev–Trinajstić information content (AvgIpc) is 3.03. The van der Waals surface area contributed by atoms with Crippen LogP contribution in [-0.4, -0.2) is 39.4 Å². The van der Waals surface area contributed by atoms with Crippen LogP contribution in [0.1, 0.15) is 56.2 Å². The molecule has 0 spiro atoms. The average molecular weight is 425 g/mol. The molecule has 9 heteroatoms. The highest BCUT2D eigenvalue weighted by Crippen LogP contribution is 2.38. The first-order chi connectivity index (χ1) is 13.7. The number of fused-ring (bicyclic) bond motifs is 4. The molecule has 8 nitrogen and oxygen atoms in total. The summed E-state index contributed by atoms with van der Waals surface area (Å²) in [5.41, 5.74) is 5.32. The third kappa shape index (κ3) is 5.15. The highest BCUT2D eigenvalue weighted by atomic mass is 35.7. The van der Waals surface area contributed by atoms with E-state index in [1.807, 2.05) is 0 Å². The van der Waals surface area contributed by atoms with Gasteiger partial charge in [0.1, 0.15) is 18.8 Å². The third-order valence-electron chi connectivity index (χ3n) is 5.76. The van der Waals surface area contributed by atoms with E-state index in [9.17, 15) is 4.79 Å². The van der Waals surface area contributed by atoms with Gasteiger partial charge in [0.25, 0.3) is 0 Å². The molecule has 1 aromatic carbocycles. The first kappa shape index (κ1) is 21.7. The molecule has 2 aliphatic heterocycles. The van der Waals surface area contributed by atoms with Crippen LogP contribution in [0.15, 0.2) is 24.3 Å². The maximum atomic E-state index is 11.1. The van der Waals surface area contributed by atoms with Crippen molar-refractivity contribution in [2.45, 2.75) is 44.9 Å². The lowest BCUT2D eigenvalue weighted by Gasteiger charge is -2.29. The van der Waals surface area contributed by atoms with Gasteiger partial charge in [-0.1, -0.05) is 25.1 Å². The first-order valence-electron chi connectivity index (χ1n) is 9.75. The van der Waals surface area contributed by atoms with Crippen molar-refractivity contribution in [3.63, 3.8) is 0 Å². The molecule has 2 atom stereocenters. The molecule has 29 heavy (non-hydrogen) atoms. The van der Waals surface area contributed by atoms with Crippen molar-refractivity contribution in [3.05, 3.63) is 35.5 Å². The minimum Gasteiger partial charge on any atom is -0.481 e. The number of H-pyrrole nitrogens is 1. The summed E-state index contributed by atoms with van der Waals surface area (Å²) in [6.45, 7) is 4.45. The predicted octanol–water partition coefficient (Wildman–Crippen LogP) is -1.00. The summed E-state index contributed by atoms with van der Waals surface area (Å²) in [5, 5.41) is 10.4. The van der Waals surface area contributed by atoms with E-state index >= 15 is 0 Å². The largest absolute Gasteiger partial charge is 0.481 e. The quantitative estimate of drug-likeness (QED) is 0.601. The number of rotatable bonds is 4. The van der Waals surface area contributed by atoms with E-state index in [0.29, 0.717) is 11.8 Å². The molecule has 0 saturated heterocycles. The SMILES string of the molecule is CCC1C[N+]2=C(c3[nH]c4ccccc4c31)[C@H](CCC(=O)O)CCC2.[O-][Cl+3]([O-])([O-])[O-]. The molecule has 1 unspecified atom stereocenters. The molecule has 0 fully saturated rings. The predicted molar refractivity (Wildman–Crippen MR) is 95.0 cm³/mol. The molecule has 0 saturated carbocycles. The number of benzene rings is 1. The highest BCUT2D eigenvalue weighted by molar-refractivity contribution is 6.05. The van der Waals surface area contributed by atoms with Gasteiger partial charge in [0.15, 0.2) is 0 Å². The zero-order chi connectivity index (χ0) is 21.2. The molecule has 0 aliphatic carbocycles. The number of aliphatic carboxylic acids is 1. The highest BCUT2D eigenvalue weighted by Gasteiger charge is 2.40. The van der Waals surface area contributed by atoms with Gasteiger partial charge in [-0.25, -0.2) is 23.2 Å². The fourth-order valence-corrected chi connectivity index (χ4v) is 4.65. The topological polar surface area (TPSA) is 148 Å². The zero-order valence-electron chi connectivity index (χ0n) is 16.2. The lowest BCUT2D eigenvalue weighted by molar-refractivity contribution is -2.00. The summed E-state index contributed by atoms with van der Waals surface area (Å²) < 4.78 is 36.5. The Balaban J connectivity index is 0.000000431. The van der Waals surface area contributed by atoms with Crippen molar-refractivity contribution in [2.75, 3.05) is 13.1 Å². The summed E-state index contributed by atoms with van der Waals surface area (Å²) in [6.07, 6.45) is 4.41. The number of aromatic amines is 1. The minimum atomic E-state index is -4.94. The maximum absolute atomic E-state index is 11.1. The molecule has 3 heterocycles. The maximum Gasteiger partial charge on any atom is 0.303 e. The van der Waals surface area contributed by atoms with Gasteiger partial charge >= 0.3 is 5.97 Å². The van der Waals surface area contributed by atoms with E-state index in [2.05, 4.69) is 40.7 Å². The van der Waals surface area contributed by atoms with Crippen molar-refractivity contribution in [3.8, 4) is 0 Å². The molecule has 4 rings (SSSR count). The van der Waals surface area contributed by atoms with E-state index < -0.39 is 16.2 Å². The van der Waals surface area contributed by atoms with Crippen molar-refractivity contribution in [2.24, 2.45) is 5.92 Å². The number of carboxylic acids is 1. The normalized spacial score (nSPS) is 21.3. The summed E-state index contributed by atoms with van der Waals surface area (Å²) in [6, 6.07) is 8.57. The van der Waals surface area contributed by atoms with Gasteiger partial charge in [0, 0.05) is 41.1 Å². The van der Waals surface area contributed by atoms with Gasteiger partial charge in [0.05, 0.1) is 0 Å². The number of hydrogen-bond donors (Lipinski definition) is 2. The second-order valence-corrected chi connectivity index (χ2v) is 8.30. The van der Waals surface area contributed by atoms with Crippen molar-refractivity contribution in [1.82, 2.24) is 4.98 Å². The van der Waals surface area contributed by atoms with Crippen LogP contribution in [0.4, 0.5) is 0 Å². The molecular weight excluding hydrogens is 400 g/mol.